The van der Waals surface area contributed by atoms with Gasteiger partial charge in [-0.1, -0.05) is 91.0 Å². The lowest BCUT2D eigenvalue weighted by molar-refractivity contribution is 0.476. The van der Waals surface area contributed by atoms with Crippen LogP contribution >= 0.6 is 0 Å². The van der Waals surface area contributed by atoms with Crippen LogP contribution in [0.5, 0.6) is 11.5 Å². The van der Waals surface area contributed by atoms with Crippen LogP contribution in [0.1, 0.15) is 0 Å². The van der Waals surface area contributed by atoms with Crippen LogP contribution in [0.2, 0.25) is 0 Å². The third-order valence-electron chi connectivity index (χ3n) is 10.9. The summed E-state index contributed by atoms with van der Waals surface area (Å²) in [6, 6.07) is 60.6. The molecular weight excluding hydrogens is 637 g/mol. The summed E-state index contributed by atoms with van der Waals surface area (Å²) in [5.41, 5.74) is 13.3. The lowest BCUT2D eigenvalue weighted by Gasteiger charge is -2.21. The Morgan fingerprint density at radius 2 is 1.04 bits per heavy atom. The molecular formula is C48H28N2O2. The Balaban J connectivity index is 0.996. The van der Waals surface area contributed by atoms with Gasteiger partial charge < -0.3 is 18.3 Å². The van der Waals surface area contributed by atoms with Gasteiger partial charge in [-0.05, 0) is 101 Å². The van der Waals surface area contributed by atoms with E-state index in [4.69, 9.17) is 9.15 Å². The van der Waals surface area contributed by atoms with Crippen molar-refractivity contribution in [1.29, 1.82) is 0 Å². The fraction of sp³-hybridized carbons (Fsp3) is 0. The molecule has 4 heterocycles. The zero-order chi connectivity index (χ0) is 33.9. The normalized spacial score (nSPS) is 12.4. The SMILES string of the molecule is c1ccc2c(c1)Oc1ccc(-c3ccc(-n4c5ccccc5c5cc(-c6ccc7c(c6)oc6ccccc67)ccc54)cc3)c3c4ccccc4n-2c13. The van der Waals surface area contributed by atoms with Gasteiger partial charge in [0.15, 0.2) is 11.5 Å². The summed E-state index contributed by atoms with van der Waals surface area (Å²) in [6.45, 7) is 0. The minimum absolute atomic E-state index is 0.875. The number of nitrogens with zero attached hydrogens (tertiary/aromatic N) is 2. The molecule has 242 valence electrons. The highest BCUT2D eigenvalue weighted by Crippen LogP contribution is 2.48. The summed E-state index contributed by atoms with van der Waals surface area (Å²) in [5, 5.41) is 7.17. The Labute approximate surface area is 297 Å². The summed E-state index contributed by atoms with van der Waals surface area (Å²) in [4.78, 5) is 0. The van der Waals surface area contributed by atoms with Gasteiger partial charge in [0.05, 0.1) is 27.8 Å². The minimum Gasteiger partial charge on any atom is -0.456 e. The molecule has 0 saturated heterocycles. The molecule has 52 heavy (non-hydrogen) atoms. The van der Waals surface area contributed by atoms with Gasteiger partial charge in [0, 0.05) is 38.0 Å². The number of benzene rings is 8. The molecule has 0 aliphatic carbocycles. The highest BCUT2D eigenvalue weighted by atomic mass is 16.5. The van der Waals surface area contributed by atoms with Gasteiger partial charge >= 0.3 is 0 Å². The van der Waals surface area contributed by atoms with Crippen molar-refractivity contribution in [1.82, 2.24) is 9.13 Å². The van der Waals surface area contributed by atoms with Gasteiger partial charge in [0.1, 0.15) is 11.2 Å². The first-order valence-electron chi connectivity index (χ1n) is 17.7. The molecule has 4 heteroatoms. The monoisotopic (exact) mass is 664 g/mol. The van der Waals surface area contributed by atoms with Crippen molar-refractivity contribution in [3.05, 3.63) is 170 Å². The number of furan rings is 1. The molecule has 0 N–H and O–H groups in total. The fourth-order valence-electron chi connectivity index (χ4n) is 8.61. The lowest BCUT2D eigenvalue weighted by Crippen LogP contribution is -2.03. The molecule has 8 aromatic carbocycles. The van der Waals surface area contributed by atoms with Gasteiger partial charge in [-0.15, -0.1) is 0 Å². The van der Waals surface area contributed by atoms with Crippen LogP contribution in [0.15, 0.2) is 174 Å². The molecule has 0 bridgehead atoms. The van der Waals surface area contributed by atoms with Crippen LogP contribution in [-0.4, -0.2) is 9.13 Å². The van der Waals surface area contributed by atoms with Crippen molar-refractivity contribution in [3.8, 4) is 45.1 Å². The summed E-state index contributed by atoms with van der Waals surface area (Å²) < 4.78 is 17.4. The maximum absolute atomic E-state index is 6.46. The summed E-state index contributed by atoms with van der Waals surface area (Å²) in [6.07, 6.45) is 0. The smallest absolute Gasteiger partial charge is 0.152 e. The first-order chi connectivity index (χ1) is 25.8. The van der Waals surface area contributed by atoms with Crippen LogP contribution < -0.4 is 4.74 Å². The topological polar surface area (TPSA) is 32.2 Å². The van der Waals surface area contributed by atoms with E-state index in [1.807, 2.05) is 24.3 Å². The lowest BCUT2D eigenvalue weighted by atomic mass is 9.98. The first-order valence-corrected chi connectivity index (χ1v) is 17.7. The van der Waals surface area contributed by atoms with Gasteiger partial charge in [-0.25, -0.2) is 0 Å². The number of fused-ring (bicyclic) bond motifs is 11. The number of ether oxygens (including phenoxy) is 1. The van der Waals surface area contributed by atoms with E-state index < -0.39 is 0 Å². The second-order valence-corrected chi connectivity index (χ2v) is 13.7. The maximum Gasteiger partial charge on any atom is 0.152 e. The van der Waals surface area contributed by atoms with E-state index in [0.717, 1.165) is 55.9 Å². The Morgan fingerprint density at radius 1 is 0.385 bits per heavy atom. The molecule has 0 fully saturated rings. The molecule has 1 aliphatic heterocycles. The van der Waals surface area contributed by atoms with Gasteiger partial charge in [-0.2, -0.15) is 0 Å². The predicted molar refractivity (Wildman–Crippen MR) is 213 cm³/mol. The molecule has 0 atom stereocenters. The molecule has 12 rings (SSSR count). The van der Waals surface area contributed by atoms with Crippen molar-refractivity contribution in [2.75, 3.05) is 0 Å². The molecule has 0 unspecified atom stereocenters. The summed E-state index contributed by atoms with van der Waals surface area (Å²) >= 11 is 0. The first kappa shape index (κ1) is 27.7. The van der Waals surface area contributed by atoms with Crippen molar-refractivity contribution in [2.24, 2.45) is 0 Å². The van der Waals surface area contributed by atoms with Crippen LogP contribution in [0.4, 0.5) is 0 Å². The average Bonchev–Trinajstić information content (AvgIpc) is 3.87. The second kappa shape index (κ2) is 10.3. The Morgan fingerprint density at radius 3 is 1.92 bits per heavy atom. The van der Waals surface area contributed by atoms with E-state index in [0.29, 0.717) is 0 Å². The van der Waals surface area contributed by atoms with Gasteiger partial charge in [-0.3, -0.25) is 0 Å². The fourth-order valence-corrected chi connectivity index (χ4v) is 8.61. The third kappa shape index (κ3) is 3.75. The quantitative estimate of drug-likeness (QED) is 0.188. The second-order valence-electron chi connectivity index (χ2n) is 13.7. The Kier molecular flexibility index (Phi) is 5.47. The van der Waals surface area contributed by atoms with Gasteiger partial charge in [0.25, 0.3) is 0 Å². The van der Waals surface area contributed by atoms with E-state index >= 15 is 0 Å². The largest absolute Gasteiger partial charge is 0.456 e. The van der Waals surface area contributed by atoms with Crippen molar-refractivity contribution < 1.29 is 9.15 Å². The van der Waals surface area contributed by atoms with E-state index in [2.05, 4.69) is 155 Å². The zero-order valence-corrected chi connectivity index (χ0v) is 27.9. The Bertz CT molecular complexity index is 3270. The maximum atomic E-state index is 6.46. The van der Waals surface area contributed by atoms with E-state index in [9.17, 15) is 0 Å². The van der Waals surface area contributed by atoms with Crippen LogP contribution in [0, 0.1) is 0 Å². The van der Waals surface area contributed by atoms with Crippen molar-refractivity contribution in [3.63, 3.8) is 0 Å². The molecule has 3 aromatic heterocycles. The van der Waals surface area contributed by atoms with Crippen molar-refractivity contribution in [2.45, 2.75) is 0 Å². The van der Waals surface area contributed by atoms with Gasteiger partial charge in [0.2, 0.25) is 0 Å². The number of hydrogen-bond acceptors (Lipinski definition) is 2. The highest BCUT2D eigenvalue weighted by molar-refractivity contribution is 6.18. The van der Waals surface area contributed by atoms with E-state index in [-0.39, 0.29) is 0 Å². The predicted octanol–water partition coefficient (Wildman–Crippen LogP) is 13.2. The number of rotatable bonds is 3. The average molecular weight is 665 g/mol. The highest BCUT2D eigenvalue weighted by Gasteiger charge is 2.25. The third-order valence-corrected chi connectivity index (χ3v) is 10.9. The molecule has 0 amide bonds. The molecule has 0 radical (unpaired) electrons. The molecule has 4 nitrogen and oxygen atoms in total. The number of aromatic nitrogens is 2. The molecule has 0 saturated carbocycles. The van der Waals surface area contributed by atoms with Crippen LogP contribution in [-0.2, 0) is 0 Å². The van der Waals surface area contributed by atoms with Crippen LogP contribution in [0.3, 0.4) is 0 Å². The zero-order valence-electron chi connectivity index (χ0n) is 27.9. The van der Waals surface area contributed by atoms with E-state index in [1.165, 1.54) is 54.8 Å². The number of hydrogen-bond donors (Lipinski definition) is 0. The molecule has 11 aromatic rings. The molecule has 1 aliphatic rings. The van der Waals surface area contributed by atoms with E-state index in [1.54, 1.807) is 0 Å². The summed E-state index contributed by atoms with van der Waals surface area (Å²) in [7, 11) is 0. The Hall–Kier alpha value is -7.04. The van der Waals surface area contributed by atoms with Crippen LogP contribution in [0.25, 0.3) is 99.2 Å². The standard InChI is InChI=1S/C48H28N2O2/c1-4-12-39-34(9-1)38-27-30(31-19-23-36-35-10-3-7-15-43(35)51-46(36)28-31)20-25-41(38)49(39)32-21-17-29(18-22-32)33-24-26-45-48-47(33)37-11-2-5-13-40(37)50(48)42-14-6-8-16-44(42)52-45/h1-28H. The number of para-hydroxylation sites is 5. The molecule has 0 spiro atoms. The summed E-state index contributed by atoms with van der Waals surface area (Å²) in [5.74, 6) is 1.76. The minimum atomic E-state index is 0.875. The van der Waals surface area contributed by atoms with Crippen molar-refractivity contribution >= 4 is 65.6 Å².